The van der Waals surface area contributed by atoms with E-state index in [0.29, 0.717) is 6.42 Å². The first-order chi connectivity index (χ1) is 7.40. The van der Waals surface area contributed by atoms with Gasteiger partial charge in [-0.15, -0.1) is 0 Å². The molecule has 0 aliphatic heterocycles. The van der Waals surface area contributed by atoms with Gasteiger partial charge in [0, 0.05) is 6.26 Å². The van der Waals surface area contributed by atoms with Crippen molar-refractivity contribution in [1.29, 1.82) is 0 Å². The summed E-state index contributed by atoms with van der Waals surface area (Å²) in [6.07, 6.45) is 5.31. The van der Waals surface area contributed by atoms with Gasteiger partial charge in [0.2, 0.25) is 0 Å². The lowest BCUT2D eigenvalue weighted by Gasteiger charge is -2.38. The lowest BCUT2D eigenvalue weighted by molar-refractivity contribution is -0.161. The van der Waals surface area contributed by atoms with Crippen LogP contribution in [0.15, 0.2) is 0 Å². The molecule has 1 saturated carbocycles. The smallest absolute Gasteiger partial charge is 0.312 e. The number of ether oxygens (including phenoxy) is 1. The Morgan fingerprint density at radius 1 is 1.38 bits per heavy atom. The highest BCUT2D eigenvalue weighted by atomic mass is 32.2. The van der Waals surface area contributed by atoms with E-state index in [4.69, 9.17) is 4.74 Å². The molecule has 5 heteroatoms. The Kier molecular flexibility index (Phi) is 4.35. The normalized spacial score (nSPS) is 18.9. The van der Waals surface area contributed by atoms with E-state index in [9.17, 15) is 13.2 Å². The van der Waals surface area contributed by atoms with Gasteiger partial charge in [0.1, 0.15) is 9.84 Å². The van der Waals surface area contributed by atoms with Gasteiger partial charge in [0.25, 0.3) is 0 Å². The molecule has 0 radical (unpaired) electrons. The molecule has 4 nitrogen and oxygen atoms in total. The minimum absolute atomic E-state index is 0.0827. The van der Waals surface area contributed by atoms with E-state index in [0.717, 1.165) is 25.7 Å². The first-order valence-electron chi connectivity index (χ1n) is 5.74. The topological polar surface area (TPSA) is 60.4 Å². The average molecular weight is 248 g/mol. The Hall–Kier alpha value is -0.580. The molecule has 0 aromatic carbocycles. The minimum atomic E-state index is -2.95. The maximum atomic E-state index is 11.7. The summed E-state index contributed by atoms with van der Waals surface area (Å²) in [7, 11) is -2.95. The van der Waals surface area contributed by atoms with Crippen molar-refractivity contribution in [2.45, 2.75) is 39.0 Å². The molecule has 1 fully saturated rings. The SMILES string of the molecule is CCC1(C(=O)OCCCS(C)(=O)=O)CCC1. The van der Waals surface area contributed by atoms with Gasteiger partial charge in [0.15, 0.2) is 0 Å². The van der Waals surface area contributed by atoms with Gasteiger partial charge in [0.05, 0.1) is 17.8 Å². The van der Waals surface area contributed by atoms with Crippen LogP contribution in [0.5, 0.6) is 0 Å². The van der Waals surface area contributed by atoms with Crippen molar-refractivity contribution in [2.24, 2.45) is 5.41 Å². The number of esters is 1. The van der Waals surface area contributed by atoms with Crippen LogP contribution in [0.25, 0.3) is 0 Å². The van der Waals surface area contributed by atoms with Crippen molar-refractivity contribution in [3.8, 4) is 0 Å². The molecule has 0 aromatic heterocycles. The van der Waals surface area contributed by atoms with Crippen molar-refractivity contribution >= 4 is 15.8 Å². The molecular formula is C11H20O4S. The van der Waals surface area contributed by atoms with Crippen LogP contribution in [0, 0.1) is 5.41 Å². The number of sulfone groups is 1. The number of carbonyl (C=O) groups excluding carboxylic acids is 1. The zero-order valence-electron chi connectivity index (χ0n) is 9.99. The summed E-state index contributed by atoms with van der Waals surface area (Å²) in [6, 6.07) is 0. The van der Waals surface area contributed by atoms with E-state index < -0.39 is 9.84 Å². The molecular weight excluding hydrogens is 228 g/mol. The highest BCUT2D eigenvalue weighted by molar-refractivity contribution is 7.90. The lowest BCUT2D eigenvalue weighted by Crippen LogP contribution is -2.39. The minimum Gasteiger partial charge on any atom is -0.465 e. The molecule has 1 aliphatic carbocycles. The molecule has 0 heterocycles. The number of carbonyl (C=O) groups is 1. The van der Waals surface area contributed by atoms with Crippen LogP contribution < -0.4 is 0 Å². The van der Waals surface area contributed by atoms with Crippen LogP contribution in [-0.4, -0.2) is 33.0 Å². The van der Waals surface area contributed by atoms with Gasteiger partial charge in [-0.3, -0.25) is 4.79 Å². The molecule has 94 valence electrons. The monoisotopic (exact) mass is 248 g/mol. The molecule has 1 rings (SSSR count). The second kappa shape index (κ2) is 5.17. The summed E-state index contributed by atoms with van der Waals surface area (Å²) in [6.45, 7) is 2.21. The van der Waals surface area contributed by atoms with Crippen LogP contribution in [0.4, 0.5) is 0 Å². The van der Waals surface area contributed by atoms with Crippen LogP contribution in [0.1, 0.15) is 39.0 Å². The van der Waals surface area contributed by atoms with Crippen molar-refractivity contribution in [1.82, 2.24) is 0 Å². The van der Waals surface area contributed by atoms with Crippen LogP contribution in [-0.2, 0) is 19.4 Å². The summed E-state index contributed by atoms with van der Waals surface area (Å²) >= 11 is 0. The number of rotatable bonds is 6. The molecule has 0 amide bonds. The number of hydrogen-bond donors (Lipinski definition) is 0. The van der Waals surface area contributed by atoms with Gasteiger partial charge in [-0.1, -0.05) is 13.3 Å². The van der Waals surface area contributed by atoms with E-state index in [-0.39, 0.29) is 23.7 Å². The molecule has 0 aromatic rings. The third-order valence-corrected chi connectivity index (χ3v) is 4.34. The Bertz CT molecular complexity index is 335. The maximum absolute atomic E-state index is 11.7. The van der Waals surface area contributed by atoms with Gasteiger partial charge in [-0.25, -0.2) is 8.42 Å². The van der Waals surface area contributed by atoms with Gasteiger partial charge < -0.3 is 4.74 Å². The fraction of sp³-hybridized carbons (Fsp3) is 0.909. The van der Waals surface area contributed by atoms with E-state index in [2.05, 4.69) is 0 Å². The number of hydrogen-bond acceptors (Lipinski definition) is 4. The van der Waals surface area contributed by atoms with Crippen molar-refractivity contribution < 1.29 is 17.9 Å². The predicted octanol–water partition coefficient (Wildman–Crippen LogP) is 1.54. The van der Waals surface area contributed by atoms with E-state index >= 15 is 0 Å². The Morgan fingerprint density at radius 2 is 2.00 bits per heavy atom. The zero-order chi connectivity index (χ0) is 12.2. The van der Waals surface area contributed by atoms with Gasteiger partial charge in [-0.05, 0) is 25.7 Å². The van der Waals surface area contributed by atoms with Gasteiger partial charge in [-0.2, -0.15) is 0 Å². The second-order valence-corrected chi connectivity index (χ2v) is 6.87. The molecule has 0 atom stereocenters. The van der Waals surface area contributed by atoms with E-state index in [1.807, 2.05) is 6.92 Å². The molecule has 0 spiro atoms. The Balaban J connectivity index is 2.25. The fourth-order valence-corrected chi connectivity index (χ4v) is 2.59. The highest BCUT2D eigenvalue weighted by Crippen LogP contribution is 2.44. The summed E-state index contributed by atoms with van der Waals surface area (Å²) in [5.74, 6) is -0.0610. The molecule has 0 bridgehead atoms. The van der Waals surface area contributed by atoms with E-state index in [1.165, 1.54) is 6.26 Å². The molecule has 0 unspecified atom stereocenters. The molecule has 16 heavy (non-hydrogen) atoms. The zero-order valence-corrected chi connectivity index (χ0v) is 10.8. The van der Waals surface area contributed by atoms with Crippen molar-refractivity contribution in [3.63, 3.8) is 0 Å². The Labute approximate surface area is 97.3 Å². The third kappa shape index (κ3) is 3.47. The first-order valence-corrected chi connectivity index (χ1v) is 7.81. The van der Waals surface area contributed by atoms with Gasteiger partial charge >= 0.3 is 5.97 Å². The Morgan fingerprint density at radius 3 is 2.38 bits per heavy atom. The van der Waals surface area contributed by atoms with Crippen LogP contribution >= 0.6 is 0 Å². The molecule has 0 saturated heterocycles. The third-order valence-electron chi connectivity index (χ3n) is 3.31. The van der Waals surface area contributed by atoms with E-state index in [1.54, 1.807) is 0 Å². The second-order valence-electron chi connectivity index (χ2n) is 4.61. The summed E-state index contributed by atoms with van der Waals surface area (Å²) < 4.78 is 26.8. The molecule has 0 N–H and O–H groups in total. The molecule has 1 aliphatic rings. The average Bonchev–Trinajstić information content (AvgIpc) is 2.10. The van der Waals surface area contributed by atoms with Crippen LogP contribution in [0.2, 0.25) is 0 Å². The quantitative estimate of drug-likeness (QED) is 0.528. The van der Waals surface area contributed by atoms with Crippen molar-refractivity contribution in [3.05, 3.63) is 0 Å². The summed E-state index contributed by atoms with van der Waals surface area (Å²) in [5, 5.41) is 0. The predicted molar refractivity (Wildman–Crippen MR) is 61.9 cm³/mol. The summed E-state index contributed by atoms with van der Waals surface area (Å²) in [5.41, 5.74) is -0.259. The highest BCUT2D eigenvalue weighted by Gasteiger charge is 2.43. The van der Waals surface area contributed by atoms with Crippen molar-refractivity contribution in [2.75, 3.05) is 18.6 Å². The maximum Gasteiger partial charge on any atom is 0.312 e. The largest absolute Gasteiger partial charge is 0.465 e. The summed E-state index contributed by atoms with van der Waals surface area (Å²) in [4.78, 5) is 11.7. The van der Waals surface area contributed by atoms with Crippen LogP contribution in [0.3, 0.4) is 0 Å². The fourth-order valence-electron chi connectivity index (χ4n) is 1.94. The lowest BCUT2D eigenvalue weighted by atomic mass is 9.67. The standard InChI is InChI=1S/C11H20O4S/c1-3-11(6-4-7-11)10(12)15-8-5-9-16(2,13)14/h3-9H2,1-2H3. The first kappa shape index (κ1) is 13.5.